The number of hydroxylamine groups is 2. The highest BCUT2D eigenvalue weighted by Gasteiger charge is 2.62. The first-order valence-electron chi connectivity index (χ1n) is 9.90. The van der Waals surface area contributed by atoms with E-state index in [4.69, 9.17) is 4.84 Å². The molecule has 1 spiro atoms. The van der Waals surface area contributed by atoms with Crippen LogP contribution in [0, 0.1) is 0 Å². The highest BCUT2D eigenvalue weighted by molar-refractivity contribution is 6.23. The van der Waals surface area contributed by atoms with E-state index in [0.29, 0.717) is 18.5 Å². The number of urea groups is 1. The van der Waals surface area contributed by atoms with Crippen molar-refractivity contribution in [2.45, 2.75) is 57.2 Å². The van der Waals surface area contributed by atoms with Gasteiger partial charge in [0, 0.05) is 12.8 Å². The molecule has 0 unspecified atom stereocenters. The van der Waals surface area contributed by atoms with Gasteiger partial charge >= 0.3 is 6.03 Å². The fourth-order valence-electron chi connectivity index (χ4n) is 5.01. The first-order valence-corrected chi connectivity index (χ1v) is 9.90. The highest BCUT2D eigenvalue weighted by Crippen LogP contribution is 2.46. The van der Waals surface area contributed by atoms with Crippen molar-refractivity contribution in [3.63, 3.8) is 0 Å². The molecule has 2 aromatic rings. The molecule has 0 radical (unpaired) electrons. The number of amides is 3. The molecular weight excluding hydrogens is 366 g/mol. The number of nitrogens with one attached hydrogen (secondary N) is 1. The summed E-state index contributed by atoms with van der Waals surface area (Å²) < 4.78 is 0. The molecule has 2 aliphatic heterocycles. The summed E-state index contributed by atoms with van der Waals surface area (Å²) in [6.45, 7) is 8.18. The Bertz CT molecular complexity index is 907. The lowest BCUT2D eigenvalue weighted by Gasteiger charge is -2.55. The van der Waals surface area contributed by atoms with Crippen LogP contribution in [0.1, 0.15) is 40.5 Å². The Morgan fingerprint density at radius 1 is 0.828 bits per heavy atom. The molecule has 0 atom stereocenters. The SMILES string of the molecule is CC1(C)CC2(CC(C)(C)N1Oc1ccccc1)NC(=O)N(c1ccccc1)C2=O. The molecule has 2 fully saturated rings. The Morgan fingerprint density at radius 3 is 1.90 bits per heavy atom. The van der Waals surface area contributed by atoms with Crippen molar-refractivity contribution in [1.82, 2.24) is 10.4 Å². The first-order chi connectivity index (χ1) is 13.6. The first kappa shape index (κ1) is 19.5. The number of nitrogens with zero attached hydrogens (tertiary/aromatic N) is 2. The summed E-state index contributed by atoms with van der Waals surface area (Å²) in [4.78, 5) is 33.8. The van der Waals surface area contributed by atoms with Gasteiger partial charge < -0.3 is 10.2 Å². The number of carbonyl (C=O) groups excluding carboxylic acids is 2. The van der Waals surface area contributed by atoms with E-state index in [0.717, 1.165) is 5.75 Å². The summed E-state index contributed by atoms with van der Waals surface area (Å²) in [6.07, 6.45) is 0.897. The van der Waals surface area contributed by atoms with E-state index in [9.17, 15) is 9.59 Å². The molecule has 0 aliphatic carbocycles. The number of hydrogen-bond acceptors (Lipinski definition) is 4. The number of anilines is 1. The molecule has 0 bridgehead atoms. The Hall–Kier alpha value is -2.86. The summed E-state index contributed by atoms with van der Waals surface area (Å²) in [5.74, 6) is 0.548. The van der Waals surface area contributed by atoms with E-state index in [-0.39, 0.29) is 11.9 Å². The molecule has 6 heteroatoms. The van der Waals surface area contributed by atoms with Gasteiger partial charge in [-0.2, -0.15) is 0 Å². The molecule has 0 aromatic heterocycles. The topological polar surface area (TPSA) is 61.9 Å². The standard InChI is InChI=1S/C23H27N3O3/c1-21(2)15-23(16-22(3,4)26(21)29-18-13-9-6-10-14-18)19(27)25(20(28)24-23)17-11-7-5-8-12-17/h5-14H,15-16H2,1-4H3,(H,24,28). The normalized spacial score (nSPS) is 22.6. The molecule has 2 saturated heterocycles. The Labute approximate surface area is 171 Å². The van der Waals surface area contributed by atoms with Crippen LogP contribution in [-0.4, -0.2) is 33.6 Å². The number of rotatable bonds is 3. The van der Waals surface area contributed by atoms with E-state index in [1.165, 1.54) is 4.90 Å². The summed E-state index contributed by atoms with van der Waals surface area (Å²) in [6, 6.07) is 18.3. The van der Waals surface area contributed by atoms with Crippen molar-refractivity contribution < 1.29 is 14.4 Å². The maximum atomic E-state index is 13.5. The second kappa shape index (κ2) is 6.59. The summed E-state index contributed by atoms with van der Waals surface area (Å²) in [7, 11) is 0. The van der Waals surface area contributed by atoms with E-state index in [2.05, 4.69) is 5.32 Å². The zero-order valence-electron chi connectivity index (χ0n) is 17.3. The lowest BCUT2D eigenvalue weighted by Crippen LogP contribution is -2.70. The lowest BCUT2D eigenvalue weighted by molar-refractivity contribution is -0.229. The van der Waals surface area contributed by atoms with Crippen LogP contribution in [0.15, 0.2) is 60.7 Å². The third-order valence-corrected chi connectivity index (χ3v) is 5.68. The lowest BCUT2D eigenvalue weighted by atomic mass is 9.70. The van der Waals surface area contributed by atoms with Gasteiger partial charge in [0.2, 0.25) is 0 Å². The van der Waals surface area contributed by atoms with Crippen LogP contribution in [0.3, 0.4) is 0 Å². The monoisotopic (exact) mass is 393 g/mol. The van der Waals surface area contributed by atoms with E-state index >= 15 is 0 Å². The third-order valence-electron chi connectivity index (χ3n) is 5.68. The average Bonchev–Trinajstić information content (AvgIpc) is 2.88. The summed E-state index contributed by atoms with van der Waals surface area (Å²) in [5, 5.41) is 4.98. The van der Waals surface area contributed by atoms with Crippen LogP contribution in [0.2, 0.25) is 0 Å². The molecule has 3 amide bonds. The number of benzene rings is 2. The third kappa shape index (κ3) is 3.27. The predicted molar refractivity (Wildman–Crippen MR) is 111 cm³/mol. The van der Waals surface area contributed by atoms with Gasteiger partial charge in [0.1, 0.15) is 11.3 Å². The molecule has 1 N–H and O–H groups in total. The minimum Gasteiger partial charge on any atom is -0.405 e. The summed E-state index contributed by atoms with van der Waals surface area (Å²) >= 11 is 0. The Kier molecular flexibility index (Phi) is 4.42. The van der Waals surface area contributed by atoms with Crippen molar-refractivity contribution in [3.8, 4) is 5.75 Å². The van der Waals surface area contributed by atoms with Crippen molar-refractivity contribution >= 4 is 17.6 Å². The Morgan fingerprint density at radius 2 is 1.34 bits per heavy atom. The van der Waals surface area contributed by atoms with Crippen LogP contribution >= 0.6 is 0 Å². The molecule has 6 nitrogen and oxygen atoms in total. The fourth-order valence-corrected chi connectivity index (χ4v) is 5.01. The van der Waals surface area contributed by atoms with Crippen molar-refractivity contribution in [2.24, 2.45) is 0 Å². The second-order valence-corrected chi connectivity index (χ2v) is 9.17. The van der Waals surface area contributed by atoms with E-state index in [1.807, 2.05) is 81.3 Å². The zero-order chi connectivity index (χ0) is 20.9. The Balaban J connectivity index is 1.66. The molecule has 4 rings (SSSR count). The van der Waals surface area contributed by atoms with Gasteiger partial charge in [0.25, 0.3) is 5.91 Å². The number of carbonyl (C=O) groups is 2. The zero-order valence-corrected chi connectivity index (χ0v) is 17.3. The predicted octanol–water partition coefficient (Wildman–Crippen LogP) is 4.13. The smallest absolute Gasteiger partial charge is 0.329 e. The van der Waals surface area contributed by atoms with Gasteiger partial charge in [0.15, 0.2) is 0 Å². The molecule has 2 aromatic carbocycles. The highest BCUT2D eigenvalue weighted by atomic mass is 16.7. The maximum absolute atomic E-state index is 13.5. The van der Waals surface area contributed by atoms with Gasteiger partial charge in [-0.25, -0.2) is 9.69 Å². The maximum Gasteiger partial charge on any atom is 0.329 e. The van der Waals surface area contributed by atoms with Gasteiger partial charge in [-0.15, -0.1) is 5.06 Å². The van der Waals surface area contributed by atoms with Gasteiger partial charge in [0.05, 0.1) is 16.8 Å². The molecule has 152 valence electrons. The average molecular weight is 393 g/mol. The molecular formula is C23H27N3O3. The molecule has 2 aliphatic rings. The number of piperidine rings is 1. The minimum atomic E-state index is -0.962. The second-order valence-electron chi connectivity index (χ2n) is 9.17. The molecule has 0 saturated carbocycles. The fraction of sp³-hybridized carbons (Fsp3) is 0.391. The van der Waals surface area contributed by atoms with Crippen LogP contribution in [0.4, 0.5) is 10.5 Å². The molecule has 29 heavy (non-hydrogen) atoms. The number of para-hydroxylation sites is 2. The van der Waals surface area contributed by atoms with Crippen molar-refractivity contribution in [1.29, 1.82) is 0 Å². The number of hydrogen-bond donors (Lipinski definition) is 1. The quantitative estimate of drug-likeness (QED) is 0.797. The van der Waals surface area contributed by atoms with Gasteiger partial charge in [-0.1, -0.05) is 36.4 Å². The van der Waals surface area contributed by atoms with Crippen LogP contribution in [0.25, 0.3) is 0 Å². The largest absolute Gasteiger partial charge is 0.405 e. The van der Waals surface area contributed by atoms with Crippen LogP contribution in [-0.2, 0) is 4.79 Å². The van der Waals surface area contributed by atoms with E-state index < -0.39 is 16.6 Å². The van der Waals surface area contributed by atoms with Crippen molar-refractivity contribution in [2.75, 3.05) is 4.90 Å². The van der Waals surface area contributed by atoms with Crippen molar-refractivity contribution in [3.05, 3.63) is 60.7 Å². The van der Waals surface area contributed by atoms with Gasteiger partial charge in [-0.3, -0.25) is 4.79 Å². The minimum absolute atomic E-state index is 0.200. The van der Waals surface area contributed by atoms with Gasteiger partial charge in [-0.05, 0) is 52.0 Å². The van der Waals surface area contributed by atoms with E-state index in [1.54, 1.807) is 12.1 Å². The van der Waals surface area contributed by atoms with Crippen LogP contribution in [0.5, 0.6) is 5.75 Å². The molecule has 2 heterocycles. The number of imide groups is 1. The summed E-state index contributed by atoms with van der Waals surface area (Å²) in [5.41, 5.74) is -1.36. The van der Waals surface area contributed by atoms with Crippen LogP contribution < -0.4 is 15.1 Å².